The van der Waals surface area contributed by atoms with Gasteiger partial charge in [0, 0.05) is 29.9 Å². The van der Waals surface area contributed by atoms with E-state index in [1.807, 2.05) is 13.8 Å². The van der Waals surface area contributed by atoms with E-state index in [-0.39, 0.29) is 17.0 Å². The lowest BCUT2D eigenvalue weighted by Gasteiger charge is -2.15. The Morgan fingerprint density at radius 3 is 2.59 bits per heavy atom. The number of aryl methyl sites for hydroxylation is 1. The number of hydrogen-bond acceptors (Lipinski definition) is 6. The second-order valence-electron chi connectivity index (χ2n) is 5.85. The molecule has 0 aliphatic rings. The van der Waals surface area contributed by atoms with Crippen molar-refractivity contribution < 1.29 is 22.8 Å². The number of sulfonamides is 1. The molecule has 9 heteroatoms. The summed E-state index contributed by atoms with van der Waals surface area (Å²) in [4.78, 5) is 21.5. The summed E-state index contributed by atoms with van der Waals surface area (Å²) in [6.45, 7) is 3.95. The first-order valence-electron chi connectivity index (χ1n) is 8.12. The Labute approximate surface area is 159 Å². The number of ether oxygens (including phenoxy) is 1. The van der Waals surface area contributed by atoms with Crippen LogP contribution in [0.1, 0.15) is 27.2 Å². The van der Waals surface area contributed by atoms with Crippen molar-refractivity contribution in [3.05, 3.63) is 52.8 Å². The molecule has 0 atom stereocenters. The van der Waals surface area contributed by atoms with Gasteiger partial charge < -0.3 is 10.1 Å². The second kappa shape index (κ2) is 8.47. The standard InChI is InChI=1S/C18H23N3O5S/c1-12-10-19-16(13(2)17(12)25-4)11-20-18(22)14-7-6-8-15(9-14)27(23,24)21(3)26-5/h6-10H,11H2,1-5H3,(H,20,22). The van der Waals surface area contributed by atoms with Crippen LogP contribution in [0.4, 0.5) is 0 Å². The zero-order chi connectivity index (χ0) is 20.2. The number of rotatable bonds is 7. The third-order valence-corrected chi connectivity index (χ3v) is 5.83. The Morgan fingerprint density at radius 2 is 1.96 bits per heavy atom. The van der Waals surface area contributed by atoms with E-state index >= 15 is 0 Å². The van der Waals surface area contributed by atoms with Gasteiger partial charge >= 0.3 is 0 Å². The van der Waals surface area contributed by atoms with Crippen molar-refractivity contribution in [2.24, 2.45) is 0 Å². The monoisotopic (exact) mass is 393 g/mol. The van der Waals surface area contributed by atoms with Crippen LogP contribution < -0.4 is 10.1 Å². The van der Waals surface area contributed by atoms with Crippen LogP contribution in [-0.2, 0) is 21.4 Å². The molecule has 2 rings (SSSR count). The van der Waals surface area contributed by atoms with Crippen LogP contribution >= 0.6 is 0 Å². The van der Waals surface area contributed by atoms with E-state index in [4.69, 9.17) is 9.57 Å². The first kappa shape index (κ1) is 20.8. The summed E-state index contributed by atoms with van der Waals surface area (Å²) in [6, 6.07) is 5.75. The summed E-state index contributed by atoms with van der Waals surface area (Å²) >= 11 is 0. The number of hydroxylamine groups is 1. The van der Waals surface area contributed by atoms with Crippen LogP contribution in [0.25, 0.3) is 0 Å². The third-order valence-electron chi connectivity index (χ3n) is 4.16. The topological polar surface area (TPSA) is 97.8 Å². The number of benzene rings is 1. The molecule has 146 valence electrons. The van der Waals surface area contributed by atoms with Gasteiger partial charge in [-0.2, -0.15) is 0 Å². The number of carbonyl (C=O) groups excluding carboxylic acids is 1. The maximum atomic E-state index is 12.5. The molecule has 2 aromatic rings. The number of pyridine rings is 1. The smallest absolute Gasteiger partial charge is 0.264 e. The van der Waals surface area contributed by atoms with Crippen molar-refractivity contribution in [1.29, 1.82) is 0 Å². The fraction of sp³-hybridized carbons (Fsp3) is 0.333. The lowest BCUT2D eigenvalue weighted by atomic mass is 10.1. The van der Waals surface area contributed by atoms with Gasteiger partial charge in [0.25, 0.3) is 15.9 Å². The van der Waals surface area contributed by atoms with Gasteiger partial charge in [-0.1, -0.05) is 10.5 Å². The summed E-state index contributed by atoms with van der Waals surface area (Å²) in [7, 11) is 0.282. The van der Waals surface area contributed by atoms with Crippen molar-refractivity contribution >= 4 is 15.9 Å². The van der Waals surface area contributed by atoms with Crippen molar-refractivity contribution in [2.75, 3.05) is 21.3 Å². The Hall–Kier alpha value is -2.49. The van der Waals surface area contributed by atoms with Crippen LogP contribution in [0.5, 0.6) is 5.75 Å². The summed E-state index contributed by atoms with van der Waals surface area (Å²) in [5, 5.41) is 2.75. The third kappa shape index (κ3) is 4.44. The van der Waals surface area contributed by atoms with E-state index in [0.29, 0.717) is 5.69 Å². The van der Waals surface area contributed by atoms with Gasteiger partial charge in [-0.15, -0.1) is 0 Å². The van der Waals surface area contributed by atoms with E-state index in [1.54, 1.807) is 13.3 Å². The zero-order valence-electron chi connectivity index (χ0n) is 15.9. The second-order valence-corrected chi connectivity index (χ2v) is 7.79. The average Bonchev–Trinajstić information content (AvgIpc) is 2.66. The first-order chi connectivity index (χ1) is 12.7. The molecule has 0 aliphatic heterocycles. The molecule has 0 radical (unpaired) electrons. The number of amides is 1. The van der Waals surface area contributed by atoms with Gasteiger partial charge in [0.15, 0.2) is 0 Å². The molecule has 0 fully saturated rings. The Bertz CT molecular complexity index is 944. The molecule has 0 unspecified atom stereocenters. The van der Waals surface area contributed by atoms with E-state index in [2.05, 4.69) is 10.3 Å². The van der Waals surface area contributed by atoms with Gasteiger partial charge in [-0.05, 0) is 32.0 Å². The quantitative estimate of drug-likeness (QED) is 0.721. The predicted molar refractivity (Wildman–Crippen MR) is 99.8 cm³/mol. The summed E-state index contributed by atoms with van der Waals surface area (Å²) < 4.78 is 30.7. The molecule has 1 amide bonds. The van der Waals surface area contributed by atoms with Gasteiger partial charge in [0.2, 0.25) is 0 Å². The van der Waals surface area contributed by atoms with Crippen molar-refractivity contribution in [3.63, 3.8) is 0 Å². The fourth-order valence-electron chi connectivity index (χ4n) is 2.56. The molecule has 0 spiro atoms. The van der Waals surface area contributed by atoms with E-state index in [9.17, 15) is 13.2 Å². The van der Waals surface area contributed by atoms with Crippen molar-refractivity contribution in [1.82, 2.24) is 14.8 Å². The fourth-order valence-corrected chi connectivity index (χ4v) is 3.58. The maximum Gasteiger partial charge on any atom is 0.264 e. The minimum Gasteiger partial charge on any atom is -0.496 e. The first-order valence-corrected chi connectivity index (χ1v) is 9.56. The number of nitrogens with zero attached hydrogens (tertiary/aromatic N) is 2. The van der Waals surface area contributed by atoms with Crippen molar-refractivity contribution in [3.8, 4) is 5.75 Å². The number of hydrogen-bond donors (Lipinski definition) is 1. The number of carbonyl (C=O) groups is 1. The summed E-state index contributed by atoms with van der Waals surface area (Å²) in [5.74, 6) is 0.317. The summed E-state index contributed by atoms with van der Waals surface area (Å²) in [5.41, 5.74) is 2.65. The van der Waals surface area contributed by atoms with Crippen LogP contribution in [0.3, 0.4) is 0 Å². The Kier molecular flexibility index (Phi) is 6.53. The molecule has 0 saturated carbocycles. The highest BCUT2D eigenvalue weighted by Crippen LogP contribution is 2.24. The molecular formula is C18H23N3O5S. The molecule has 1 aromatic heterocycles. The molecule has 1 N–H and O–H groups in total. The molecular weight excluding hydrogens is 370 g/mol. The Balaban J connectivity index is 2.20. The molecule has 0 aliphatic carbocycles. The largest absolute Gasteiger partial charge is 0.496 e. The van der Waals surface area contributed by atoms with Crippen LogP contribution in [-0.4, -0.2) is 45.0 Å². The van der Waals surface area contributed by atoms with Gasteiger partial charge in [0.1, 0.15) is 5.75 Å². The lowest BCUT2D eigenvalue weighted by Crippen LogP contribution is -2.27. The lowest BCUT2D eigenvalue weighted by molar-refractivity contribution is -0.0258. The van der Waals surface area contributed by atoms with E-state index < -0.39 is 15.9 Å². The SMILES string of the molecule is COc1c(C)cnc(CNC(=O)c2cccc(S(=O)(=O)N(C)OC)c2)c1C. The number of nitrogens with one attached hydrogen (secondary N) is 1. The van der Waals surface area contributed by atoms with Crippen molar-refractivity contribution in [2.45, 2.75) is 25.3 Å². The Morgan fingerprint density at radius 1 is 1.26 bits per heavy atom. The van der Waals surface area contributed by atoms with E-state index in [0.717, 1.165) is 21.3 Å². The molecule has 1 heterocycles. The van der Waals surface area contributed by atoms with Gasteiger partial charge in [0.05, 0.1) is 31.4 Å². The average molecular weight is 393 g/mol. The highest BCUT2D eigenvalue weighted by Gasteiger charge is 2.22. The normalized spacial score (nSPS) is 11.5. The molecule has 27 heavy (non-hydrogen) atoms. The van der Waals surface area contributed by atoms with E-state index in [1.165, 1.54) is 38.4 Å². The minimum atomic E-state index is -3.83. The van der Waals surface area contributed by atoms with Crippen LogP contribution in [0.2, 0.25) is 0 Å². The van der Waals surface area contributed by atoms with Crippen LogP contribution in [0.15, 0.2) is 35.4 Å². The molecule has 8 nitrogen and oxygen atoms in total. The van der Waals surface area contributed by atoms with Gasteiger partial charge in [-0.25, -0.2) is 8.42 Å². The number of methoxy groups -OCH3 is 1. The predicted octanol–water partition coefficient (Wildman–Crippen LogP) is 1.82. The maximum absolute atomic E-state index is 12.5. The van der Waals surface area contributed by atoms with Gasteiger partial charge in [-0.3, -0.25) is 14.6 Å². The minimum absolute atomic E-state index is 0.0363. The molecule has 0 bridgehead atoms. The summed E-state index contributed by atoms with van der Waals surface area (Å²) in [6.07, 6.45) is 1.68. The highest BCUT2D eigenvalue weighted by atomic mass is 32.2. The molecule has 0 saturated heterocycles. The molecule has 1 aromatic carbocycles. The highest BCUT2D eigenvalue weighted by molar-refractivity contribution is 7.89. The zero-order valence-corrected chi connectivity index (χ0v) is 16.8. The van der Waals surface area contributed by atoms with Crippen LogP contribution in [0, 0.1) is 13.8 Å². The number of aromatic nitrogens is 1.